The minimum Gasteiger partial charge on any atom is -0.326 e. The molecule has 1 aliphatic heterocycles. The first-order valence-electron chi connectivity index (χ1n) is 5.88. The Morgan fingerprint density at radius 1 is 1.44 bits per heavy atom. The maximum Gasteiger partial charge on any atom is 0.241 e. The summed E-state index contributed by atoms with van der Waals surface area (Å²) in [4.78, 5) is 23.1. The normalized spacial score (nSPS) is 15.2. The molecule has 0 saturated carbocycles. The van der Waals surface area contributed by atoms with E-state index in [0.29, 0.717) is 6.42 Å². The molecule has 0 aromatic heterocycles. The molecule has 0 radical (unpaired) electrons. The lowest BCUT2D eigenvalue weighted by molar-refractivity contribution is -0.126. The number of carbonyl (C=O) groups is 2. The number of fused-ring (bicyclic) bond motifs is 1. The largest absolute Gasteiger partial charge is 0.326 e. The first-order chi connectivity index (χ1) is 8.47. The lowest BCUT2D eigenvalue weighted by atomic mass is 9.97. The number of hydrogen-bond donors (Lipinski definition) is 2. The predicted octanol–water partition coefficient (Wildman–Crippen LogP) is 0.877. The molecule has 2 rings (SSSR count). The van der Waals surface area contributed by atoms with Crippen molar-refractivity contribution in [1.29, 1.82) is 0 Å². The lowest BCUT2D eigenvalue weighted by Gasteiger charge is -2.17. The van der Waals surface area contributed by atoms with Crippen molar-refractivity contribution in [2.45, 2.75) is 19.3 Å². The number of anilines is 1. The first-order valence-corrected chi connectivity index (χ1v) is 5.88. The molecule has 18 heavy (non-hydrogen) atoms. The number of rotatable bonds is 3. The fourth-order valence-corrected chi connectivity index (χ4v) is 1.99. The third kappa shape index (κ3) is 2.51. The van der Waals surface area contributed by atoms with Gasteiger partial charge < -0.3 is 5.32 Å². The van der Waals surface area contributed by atoms with Crippen LogP contribution in [-0.4, -0.2) is 30.9 Å². The van der Waals surface area contributed by atoms with Gasteiger partial charge in [0.15, 0.2) is 0 Å². The van der Waals surface area contributed by atoms with Crippen molar-refractivity contribution >= 4 is 17.5 Å². The Bertz CT molecular complexity index is 497. The van der Waals surface area contributed by atoms with Gasteiger partial charge in [0.25, 0.3) is 0 Å². The van der Waals surface area contributed by atoms with Gasteiger partial charge in [-0.05, 0) is 24.1 Å². The zero-order chi connectivity index (χ0) is 13.3. The van der Waals surface area contributed by atoms with Crippen LogP contribution in [0.25, 0.3) is 0 Å². The Kier molecular flexibility index (Phi) is 3.34. The molecular weight excluding hydrogens is 230 g/mol. The van der Waals surface area contributed by atoms with E-state index >= 15 is 0 Å². The van der Waals surface area contributed by atoms with Crippen LogP contribution in [0, 0.1) is 0 Å². The fraction of sp³-hybridized carbons (Fsp3) is 0.385. The third-order valence-corrected chi connectivity index (χ3v) is 2.98. The van der Waals surface area contributed by atoms with E-state index in [1.165, 1.54) is 0 Å². The van der Waals surface area contributed by atoms with Gasteiger partial charge in [-0.15, -0.1) is 0 Å². The Morgan fingerprint density at radius 2 is 2.17 bits per heavy atom. The summed E-state index contributed by atoms with van der Waals surface area (Å²) in [5.74, 6) is -0.293. The summed E-state index contributed by atoms with van der Waals surface area (Å²) >= 11 is 0. The highest BCUT2D eigenvalue weighted by Crippen LogP contribution is 2.27. The van der Waals surface area contributed by atoms with E-state index in [0.717, 1.165) is 16.8 Å². The number of nitrogens with one attached hydrogen (secondary N) is 2. The number of carbonyl (C=O) groups excluding carboxylic acids is 2. The van der Waals surface area contributed by atoms with Crippen molar-refractivity contribution < 1.29 is 9.59 Å². The van der Waals surface area contributed by atoms with Gasteiger partial charge in [0.1, 0.15) is 0 Å². The number of hydrogen-bond acceptors (Lipinski definition) is 3. The van der Waals surface area contributed by atoms with Gasteiger partial charge >= 0.3 is 0 Å². The molecule has 5 heteroatoms. The molecule has 1 unspecified atom stereocenters. The Morgan fingerprint density at radius 3 is 2.83 bits per heavy atom. The summed E-state index contributed by atoms with van der Waals surface area (Å²) < 4.78 is 0. The minimum atomic E-state index is -0.242. The Hall–Kier alpha value is -1.88. The lowest BCUT2D eigenvalue weighted by Crippen LogP contribution is -2.38. The Labute approximate surface area is 106 Å². The SMILES string of the molecule is CC(C(=O)NN(C)C)c1ccc2c(c1)CC(=O)N2. The van der Waals surface area contributed by atoms with E-state index in [1.807, 2.05) is 25.1 Å². The van der Waals surface area contributed by atoms with Crippen molar-refractivity contribution in [1.82, 2.24) is 10.4 Å². The van der Waals surface area contributed by atoms with Crippen molar-refractivity contribution in [3.05, 3.63) is 29.3 Å². The number of hydrazine groups is 1. The quantitative estimate of drug-likeness (QED) is 0.779. The summed E-state index contributed by atoms with van der Waals surface area (Å²) in [5.41, 5.74) is 5.46. The summed E-state index contributed by atoms with van der Waals surface area (Å²) in [6.07, 6.45) is 0.394. The van der Waals surface area contributed by atoms with Crippen LogP contribution in [0.2, 0.25) is 0 Å². The summed E-state index contributed by atoms with van der Waals surface area (Å²) in [6.45, 7) is 1.85. The van der Waals surface area contributed by atoms with Crippen LogP contribution < -0.4 is 10.7 Å². The average molecular weight is 247 g/mol. The highest BCUT2D eigenvalue weighted by atomic mass is 16.2. The van der Waals surface area contributed by atoms with Gasteiger partial charge in [-0.25, -0.2) is 5.01 Å². The van der Waals surface area contributed by atoms with E-state index in [1.54, 1.807) is 19.1 Å². The van der Waals surface area contributed by atoms with E-state index < -0.39 is 0 Å². The molecule has 0 aliphatic carbocycles. The molecule has 96 valence electrons. The standard InChI is InChI=1S/C13H17N3O2/c1-8(13(18)15-16(2)3)9-4-5-11-10(6-9)7-12(17)14-11/h4-6,8H,7H2,1-3H3,(H,14,17)(H,15,18). The maximum atomic E-state index is 11.9. The van der Waals surface area contributed by atoms with Gasteiger partial charge in [-0.1, -0.05) is 12.1 Å². The Balaban J connectivity index is 2.17. The minimum absolute atomic E-state index is 0.00699. The zero-order valence-corrected chi connectivity index (χ0v) is 10.8. The van der Waals surface area contributed by atoms with Gasteiger partial charge in [-0.3, -0.25) is 15.0 Å². The molecule has 1 aromatic rings. The number of benzene rings is 1. The molecule has 0 bridgehead atoms. The molecule has 0 fully saturated rings. The second-order valence-corrected chi connectivity index (χ2v) is 4.73. The van der Waals surface area contributed by atoms with E-state index in [-0.39, 0.29) is 17.7 Å². The second-order valence-electron chi connectivity index (χ2n) is 4.73. The molecule has 2 amide bonds. The van der Waals surface area contributed by atoms with Crippen LogP contribution in [0.1, 0.15) is 24.0 Å². The van der Waals surface area contributed by atoms with Crippen LogP contribution in [0.5, 0.6) is 0 Å². The van der Waals surface area contributed by atoms with E-state index in [4.69, 9.17) is 0 Å². The fourth-order valence-electron chi connectivity index (χ4n) is 1.99. The van der Waals surface area contributed by atoms with Gasteiger partial charge in [0, 0.05) is 19.8 Å². The average Bonchev–Trinajstić information content (AvgIpc) is 2.65. The smallest absolute Gasteiger partial charge is 0.241 e. The van der Waals surface area contributed by atoms with Crippen LogP contribution in [0.4, 0.5) is 5.69 Å². The summed E-state index contributed by atoms with van der Waals surface area (Å²) in [7, 11) is 3.55. The topological polar surface area (TPSA) is 61.4 Å². The van der Waals surface area contributed by atoms with Gasteiger partial charge in [0.2, 0.25) is 11.8 Å². The molecule has 5 nitrogen and oxygen atoms in total. The van der Waals surface area contributed by atoms with Crippen molar-refractivity contribution in [3.63, 3.8) is 0 Å². The highest BCUT2D eigenvalue weighted by Gasteiger charge is 2.21. The predicted molar refractivity (Wildman–Crippen MR) is 69.0 cm³/mol. The monoisotopic (exact) mass is 247 g/mol. The molecule has 1 atom stereocenters. The molecule has 2 N–H and O–H groups in total. The zero-order valence-electron chi connectivity index (χ0n) is 10.8. The second kappa shape index (κ2) is 4.78. The van der Waals surface area contributed by atoms with E-state index in [9.17, 15) is 9.59 Å². The van der Waals surface area contributed by atoms with Crippen LogP contribution >= 0.6 is 0 Å². The van der Waals surface area contributed by atoms with Crippen molar-refractivity contribution in [2.75, 3.05) is 19.4 Å². The summed E-state index contributed by atoms with van der Waals surface area (Å²) in [6, 6.07) is 5.66. The van der Waals surface area contributed by atoms with Gasteiger partial charge in [0.05, 0.1) is 12.3 Å². The third-order valence-electron chi connectivity index (χ3n) is 2.98. The molecule has 0 saturated heterocycles. The number of amides is 2. The molecule has 1 aromatic carbocycles. The van der Waals surface area contributed by atoms with Crippen molar-refractivity contribution in [3.8, 4) is 0 Å². The highest BCUT2D eigenvalue weighted by molar-refractivity contribution is 5.99. The first kappa shape index (κ1) is 12.6. The van der Waals surface area contributed by atoms with Crippen molar-refractivity contribution in [2.24, 2.45) is 0 Å². The van der Waals surface area contributed by atoms with Crippen LogP contribution in [0.3, 0.4) is 0 Å². The number of nitrogens with zero attached hydrogens (tertiary/aromatic N) is 1. The van der Waals surface area contributed by atoms with Crippen LogP contribution in [-0.2, 0) is 16.0 Å². The maximum absolute atomic E-state index is 11.9. The molecule has 1 aliphatic rings. The van der Waals surface area contributed by atoms with Gasteiger partial charge in [-0.2, -0.15) is 0 Å². The molecule has 0 spiro atoms. The summed E-state index contributed by atoms with van der Waals surface area (Å²) in [5, 5.41) is 4.40. The van der Waals surface area contributed by atoms with Crippen LogP contribution in [0.15, 0.2) is 18.2 Å². The molecular formula is C13H17N3O2. The molecule has 1 heterocycles. The van der Waals surface area contributed by atoms with E-state index in [2.05, 4.69) is 10.7 Å².